The first-order valence-corrected chi connectivity index (χ1v) is 7.91. The second-order valence-corrected chi connectivity index (χ2v) is 5.62. The Bertz CT molecular complexity index is 472. The van der Waals surface area contributed by atoms with Crippen LogP contribution in [0.4, 0.5) is 5.69 Å². The number of piperidine rings is 1. The first kappa shape index (κ1) is 16.4. The standard InChI is InChI=1S/C16H24N4O2/c21-15(4-3-13-5-9-17-10-6-13)19-11-7-16(22)20-14-2-1-8-18-12-14/h1-2,8,12-13,17H,3-7,9-11H2,(H,19,21)(H,20,22). The molecule has 0 unspecified atom stereocenters. The fourth-order valence-corrected chi connectivity index (χ4v) is 2.57. The third-order valence-corrected chi connectivity index (χ3v) is 3.86. The molecule has 1 saturated heterocycles. The fourth-order valence-electron chi connectivity index (χ4n) is 2.57. The van der Waals surface area contributed by atoms with Crippen LogP contribution in [0.2, 0.25) is 0 Å². The highest BCUT2D eigenvalue weighted by Crippen LogP contribution is 2.17. The first-order valence-electron chi connectivity index (χ1n) is 7.91. The molecule has 0 saturated carbocycles. The number of hydrogen-bond acceptors (Lipinski definition) is 4. The SMILES string of the molecule is O=C(CCC1CCNCC1)NCCC(=O)Nc1cccnc1. The van der Waals surface area contributed by atoms with Crippen molar-refractivity contribution in [1.29, 1.82) is 0 Å². The zero-order valence-electron chi connectivity index (χ0n) is 12.8. The molecule has 2 amide bonds. The lowest BCUT2D eigenvalue weighted by atomic mass is 9.93. The molecule has 2 heterocycles. The summed E-state index contributed by atoms with van der Waals surface area (Å²) in [5.74, 6) is 0.570. The lowest BCUT2D eigenvalue weighted by Gasteiger charge is -2.22. The highest BCUT2D eigenvalue weighted by Gasteiger charge is 2.14. The van der Waals surface area contributed by atoms with E-state index < -0.39 is 0 Å². The molecular weight excluding hydrogens is 280 g/mol. The van der Waals surface area contributed by atoms with Gasteiger partial charge in [0.15, 0.2) is 0 Å². The fraction of sp³-hybridized carbons (Fsp3) is 0.562. The average Bonchev–Trinajstić information content (AvgIpc) is 2.55. The van der Waals surface area contributed by atoms with E-state index in [0.717, 1.165) is 32.4 Å². The number of amides is 2. The van der Waals surface area contributed by atoms with Gasteiger partial charge in [0.05, 0.1) is 11.9 Å². The van der Waals surface area contributed by atoms with E-state index in [0.29, 0.717) is 24.6 Å². The molecule has 0 radical (unpaired) electrons. The number of aromatic nitrogens is 1. The van der Waals surface area contributed by atoms with Crippen LogP contribution in [0, 0.1) is 5.92 Å². The summed E-state index contributed by atoms with van der Waals surface area (Å²) in [4.78, 5) is 27.4. The van der Waals surface area contributed by atoms with E-state index in [1.54, 1.807) is 24.5 Å². The van der Waals surface area contributed by atoms with E-state index in [2.05, 4.69) is 20.9 Å². The van der Waals surface area contributed by atoms with Gasteiger partial charge in [0.25, 0.3) is 0 Å². The van der Waals surface area contributed by atoms with Crippen molar-refractivity contribution in [2.24, 2.45) is 5.92 Å². The van der Waals surface area contributed by atoms with Gasteiger partial charge in [-0.25, -0.2) is 0 Å². The van der Waals surface area contributed by atoms with Crippen LogP contribution >= 0.6 is 0 Å². The molecule has 2 rings (SSSR count). The molecular formula is C16H24N4O2. The normalized spacial score (nSPS) is 15.3. The molecule has 120 valence electrons. The van der Waals surface area contributed by atoms with E-state index in [1.807, 2.05) is 0 Å². The molecule has 0 atom stereocenters. The van der Waals surface area contributed by atoms with Crippen LogP contribution in [0.15, 0.2) is 24.5 Å². The Labute approximate surface area is 131 Å². The number of carbonyl (C=O) groups excluding carboxylic acids is 2. The smallest absolute Gasteiger partial charge is 0.226 e. The summed E-state index contributed by atoms with van der Waals surface area (Å²) in [5.41, 5.74) is 0.671. The third kappa shape index (κ3) is 6.22. The van der Waals surface area contributed by atoms with Crippen molar-refractivity contribution < 1.29 is 9.59 Å². The van der Waals surface area contributed by atoms with Crippen molar-refractivity contribution in [2.75, 3.05) is 25.0 Å². The van der Waals surface area contributed by atoms with Crippen LogP contribution in [0.25, 0.3) is 0 Å². The largest absolute Gasteiger partial charge is 0.356 e. The predicted molar refractivity (Wildman–Crippen MR) is 85.3 cm³/mol. The zero-order chi connectivity index (χ0) is 15.6. The molecule has 0 aromatic carbocycles. The van der Waals surface area contributed by atoms with Gasteiger partial charge in [-0.05, 0) is 50.4 Å². The van der Waals surface area contributed by atoms with Crippen molar-refractivity contribution in [1.82, 2.24) is 15.6 Å². The van der Waals surface area contributed by atoms with Gasteiger partial charge in [0, 0.05) is 25.6 Å². The summed E-state index contributed by atoms with van der Waals surface area (Å²) in [5, 5.41) is 8.87. The van der Waals surface area contributed by atoms with Crippen LogP contribution in [-0.4, -0.2) is 36.4 Å². The molecule has 0 bridgehead atoms. The van der Waals surface area contributed by atoms with Crippen LogP contribution in [0.5, 0.6) is 0 Å². The van der Waals surface area contributed by atoms with Gasteiger partial charge in [0.2, 0.25) is 11.8 Å². The van der Waals surface area contributed by atoms with Gasteiger partial charge in [-0.3, -0.25) is 14.6 Å². The predicted octanol–water partition coefficient (Wildman–Crippen LogP) is 1.31. The van der Waals surface area contributed by atoms with Gasteiger partial charge in [-0.2, -0.15) is 0 Å². The third-order valence-electron chi connectivity index (χ3n) is 3.86. The summed E-state index contributed by atoms with van der Waals surface area (Å²) in [7, 11) is 0. The van der Waals surface area contributed by atoms with Crippen LogP contribution in [-0.2, 0) is 9.59 Å². The van der Waals surface area contributed by atoms with E-state index in [1.165, 1.54) is 0 Å². The number of pyridine rings is 1. The van der Waals surface area contributed by atoms with Crippen LogP contribution < -0.4 is 16.0 Å². The molecule has 1 fully saturated rings. The van der Waals surface area contributed by atoms with Crippen LogP contribution in [0.3, 0.4) is 0 Å². The lowest BCUT2D eigenvalue weighted by Crippen LogP contribution is -2.30. The molecule has 1 aliphatic heterocycles. The molecule has 6 nitrogen and oxygen atoms in total. The molecule has 22 heavy (non-hydrogen) atoms. The van der Waals surface area contributed by atoms with Crippen LogP contribution in [0.1, 0.15) is 32.1 Å². The quantitative estimate of drug-likeness (QED) is 0.709. The van der Waals surface area contributed by atoms with Crippen molar-refractivity contribution in [3.05, 3.63) is 24.5 Å². The zero-order valence-corrected chi connectivity index (χ0v) is 12.8. The Balaban J connectivity index is 1.55. The number of nitrogens with zero attached hydrogens (tertiary/aromatic N) is 1. The van der Waals surface area contributed by atoms with E-state index in [4.69, 9.17) is 0 Å². The molecule has 3 N–H and O–H groups in total. The Morgan fingerprint density at radius 1 is 1.23 bits per heavy atom. The maximum Gasteiger partial charge on any atom is 0.226 e. The number of carbonyl (C=O) groups is 2. The summed E-state index contributed by atoms with van der Waals surface area (Å²) in [6, 6.07) is 3.54. The summed E-state index contributed by atoms with van der Waals surface area (Å²) < 4.78 is 0. The minimum absolute atomic E-state index is 0.0349. The summed E-state index contributed by atoms with van der Waals surface area (Å²) in [6.45, 7) is 2.48. The molecule has 1 aliphatic rings. The van der Waals surface area contributed by atoms with Gasteiger partial charge < -0.3 is 16.0 Å². The van der Waals surface area contributed by atoms with E-state index >= 15 is 0 Å². The number of rotatable bonds is 7. The number of anilines is 1. The van der Waals surface area contributed by atoms with E-state index in [-0.39, 0.29) is 18.2 Å². The van der Waals surface area contributed by atoms with Gasteiger partial charge in [-0.1, -0.05) is 0 Å². The number of nitrogens with one attached hydrogen (secondary N) is 3. The van der Waals surface area contributed by atoms with Gasteiger partial charge in [0.1, 0.15) is 0 Å². The van der Waals surface area contributed by atoms with Crippen molar-refractivity contribution in [3.63, 3.8) is 0 Å². The molecule has 0 aliphatic carbocycles. The van der Waals surface area contributed by atoms with Crippen molar-refractivity contribution in [2.45, 2.75) is 32.1 Å². The van der Waals surface area contributed by atoms with Gasteiger partial charge >= 0.3 is 0 Å². The number of hydrogen-bond donors (Lipinski definition) is 3. The highest BCUT2D eigenvalue weighted by atomic mass is 16.2. The van der Waals surface area contributed by atoms with E-state index in [9.17, 15) is 9.59 Å². The Morgan fingerprint density at radius 3 is 2.77 bits per heavy atom. The minimum Gasteiger partial charge on any atom is -0.356 e. The summed E-state index contributed by atoms with van der Waals surface area (Å²) >= 11 is 0. The monoisotopic (exact) mass is 304 g/mol. The Kier molecular flexibility index (Phi) is 6.83. The lowest BCUT2D eigenvalue weighted by molar-refractivity contribution is -0.121. The summed E-state index contributed by atoms with van der Waals surface area (Å²) in [6.07, 6.45) is 7.31. The second kappa shape index (κ2) is 9.15. The second-order valence-electron chi connectivity index (χ2n) is 5.62. The molecule has 1 aromatic heterocycles. The average molecular weight is 304 g/mol. The topological polar surface area (TPSA) is 83.1 Å². The van der Waals surface area contributed by atoms with Gasteiger partial charge in [-0.15, -0.1) is 0 Å². The molecule has 1 aromatic rings. The maximum atomic E-state index is 11.8. The highest BCUT2D eigenvalue weighted by molar-refractivity contribution is 5.90. The maximum absolute atomic E-state index is 11.8. The minimum atomic E-state index is -0.119. The van der Waals surface area contributed by atoms with Crippen molar-refractivity contribution in [3.8, 4) is 0 Å². The molecule has 0 spiro atoms. The first-order chi connectivity index (χ1) is 10.7. The van der Waals surface area contributed by atoms with Crippen molar-refractivity contribution >= 4 is 17.5 Å². The molecule has 6 heteroatoms. The Hall–Kier alpha value is -1.95. The Morgan fingerprint density at radius 2 is 2.05 bits per heavy atom.